The highest BCUT2D eigenvalue weighted by molar-refractivity contribution is 9.10. The third kappa shape index (κ3) is 3.20. The van der Waals surface area contributed by atoms with Crippen LogP contribution in [0.1, 0.15) is 19.4 Å². The normalized spacial score (nSPS) is 21.5. The summed E-state index contributed by atoms with van der Waals surface area (Å²) in [7, 11) is 0. The summed E-state index contributed by atoms with van der Waals surface area (Å²) in [4.78, 5) is 39.6. The molecule has 0 radical (unpaired) electrons. The van der Waals surface area contributed by atoms with Crippen LogP contribution >= 0.6 is 15.9 Å². The predicted octanol–water partition coefficient (Wildman–Crippen LogP) is 3.22. The Morgan fingerprint density at radius 2 is 1.84 bits per heavy atom. The minimum absolute atomic E-state index is 0.0850. The standard InChI is InChI=1S/C22H20BrN3O5/c1-3-30-19(27)17-18(20(28)31-4-2)25-26(14-8-6-5-7-9-14)22(17)15-11-10-13(23)12-16(15)24-21(22)29/h5-12,17H,3-4H2,1-2H3,(H,24,29)/t17-,22+/m1/s1. The van der Waals surface area contributed by atoms with Gasteiger partial charge in [-0.25, -0.2) is 9.80 Å². The van der Waals surface area contributed by atoms with Gasteiger partial charge in [0.2, 0.25) is 0 Å². The Morgan fingerprint density at radius 3 is 2.52 bits per heavy atom. The molecule has 31 heavy (non-hydrogen) atoms. The number of nitrogens with zero attached hydrogens (tertiary/aromatic N) is 2. The summed E-state index contributed by atoms with van der Waals surface area (Å²) >= 11 is 3.41. The number of hydrogen-bond donors (Lipinski definition) is 1. The van der Waals surface area contributed by atoms with Crippen molar-refractivity contribution in [1.29, 1.82) is 0 Å². The van der Waals surface area contributed by atoms with Crippen molar-refractivity contribution in [2.45, 2.75) is 19.4 Å². The Labute approximate surface area is 187 Å². The number of para-hydroxylation sites is 1. The second-order valence-corrected chi connectivity index (χ2v) is 7.86. The highest BCUT2D eigenvalue weighted by Gasteiger charge is 2.66. The Kier molecular flexibility index (Phi) is 5.53. The number of anilines is 2. The molecule has 0 saturated heterocycles. The number of carbonyl (C=O) groups is 3. The molecule has 0 fully saturated rings. The summed E-state index contributed by atoms with van der Waals surface area (Å²) in [6.07, 6.45) is 0. The molecule has 1 amide bonds. The van der Waals surface area contributed by atoms with Gasteiger partial charge in [-0.05, 0) is 38.1 Å². The summed E-state index contributed by atoms with van der Waals surface area (Å²) in [5.74, 6) is -3.28. The lowest BCUT2D eigenvalue weighted by molar-refractivity contribution is -0.150. The molecule has 0 aliphatic carbocycles. The molecule has 0 unspecified atom stereocenters. The van der Waals surface area contributed by atoms with E-state index in [-0.39, 0.29) is 18.9 Å². The van der Waals surface area contributed by atoms with E-state index in [0.29, 0.717) is 16.9 Å². The predicted molar refractivity (Wildman–Crippen MR) is 118 cm³/mol. The van der Waals surface area contributed by atoms with Gasteiger partial charge < -0.3 is 14.8 Å². The van der Waals surface area contributed by atoms with Crippen LogP contribution in [0.5, 0.6) is 0 Å². The summed E-state index contributed by atoms with van der Waals surface area (Å²) in [5.41, 5.74) is -0.219. The molecule has 0 bridgehead atoms. The summed E-state index contributed by atoms with van der Waals surface area (Å²) < 4.78 is 11.2. The van der Waals surface area contributed by atoms with Crippen LogP contribution in [0, 0.1) is 5.92 Å². The quantitative estimate of drug-likeness (QED) is 0.653. The van der Waals surface area contributed by atoms with Crippen molar-refractivity contribution >= 4 is 50.9 Å². The van der Waals surface area contributed by atoms with E-state index in [9.17, 15) is 14.4 Å². The molecule has 9 heteroatoms. The molecule has 0 aromatic heterocycles. The fourth-order valence-electron chi connectivity index (χ4n) is 4.06. The van der Waals surface area contributed by atoms with Gasteiger partial charge in [-0.3, -0.25) is 9.59 Å². The Bertz CT molecular complexity index is 1090. The van der Waals surface area contributed by atoms with Gasteiger partial charge >= 0.3 is 11.9 Å². The lowest BCUT2D eigenvalue weighted by atomic mass is 9.76. The van der Waals surface area contributed by atoms with Gasteiger partial charge in [0.25, 0.3) is 5.91 Å². The molecule has 2 atom stereocenters. The Balaban J connectivity index is 2.00. The first-order valence-corrected chi connectivity index (χ1v) is 10.6. The number of hydrazone groups is 1. The summed E-state index contributed by atoms with van der Waals surface area (Å²) in [6.45, 7) is 3.51. The molecule has 1 N–H and O–H groups in total. The molecule has 2 aromatic carbocycles. The van der Waals surface area contributed by atoms with Crippen LogP contribution in [0.25, 0.3) is 0 Å². The second kappa shape index (κ2) is 8.14. The number of rotatable bonds is 5. The van der Waals surface area contributed by atoms with Gasteiger partial charge in [-0.2, -0.15) is 5.10 Å². The second-order valence-electron chi connectivity index (χ2n) is 6.95. The molecular formula is C22H20BrN3O5. The van der Waals surface area contributed by atoms with E-state index < -0.39 is 29.3 Å². The number of ether oxygens (including phenoxy) is 2. The largest absolute Gasteiger partial charge is 0.465 e. The van der Waals surface area contributed by atoms with Crippen molar-refractivity contribution in [3.05, 3.63) is 58.6 Å². The molecular weight excluding hydrogens is 466 g/mol. The fraction of sp³-hybridized carbons (Fsp3) is 0.273. The van der Waals surface area contributed by atoms with E-state index in [1.54, 1.807) is 56.3 Å². The number of nitrogens with one attached hydrogen (secondary N) is 1. The number of amides is 1. The van der Waals surface area contributed by atoms with E-state index in [1.807, 2.05) is 6.07 Å². The highest BCUT2D eigenvalue weighted by Crippen LogP contribution is 2.52. The molecule has 1 spiro atoms. The molecule has 8 nitrogen and oxygen atoms in total. The first-order chi connectivity index (χ1) is 14.9. The number of benzene rings is 2. The number of hydrogen-bond acceptors (Lipinski definition) is 7. The van der Waals surface area contributed by atoms with Gasteiger partial charge in [-0.15, -0.1) is 0 Å². The van der Waals surface area contributed by atoms with Crippen molar-refractivity contribution in [3.8, 4) is 0 Å². The zero-order valence-corrected chi connectivity index (χ0v) is 18.5. The highest BCUT2D eigenvalue weighted by atomic mass is 79.9. The number of halogens is 1. The van der Waals surface area contributed by atoms with Gasteiger partial charge in [0.1, 0.15) is 5.92 Å². The third-order valence-corrected chi connectivity index (χ3v) is 5.72. The van der Waals surface area contributed by atoms with Gasteiger partial charge in [0.05, 0.1) is 18.9 Å². The third-order valence-electron chi connectivity index (χ3n) is 5.23. The van der Waals surface area contributed by atoms with Crippen LogP contribution in [0.3, 0.4) is 0 Å². The Morgan fingerprint density at radius 1 is 1.13 bits per heavy atom. The van der Waals surface area contributed by atoms with E-state index in [4.69, 9.17) is 9.47 Å². The fourth-order valence-corrected chi connectivity index (χ4v) is 4.42. The van der Waals surface area contributed by atoms with Gasteiger partial charge in [-0.1, -0.05) is 40.2 Å². The molecule has 2 aliphatic heterocycles. The lowest BCUT2D eigenvalue weighted by Crippen LogP contribution is -2.55. The number of esters is 2. The van der Waals surface area contributed by atoms with E-state index >= 15 is 0 Å². The molecule has 0 saturated carbocycles. The number of carbonyl (C=O) groups excluding carboxylic acids is 3. The van der Waals surface area contributed by atoms with Crippen molar-refractivity contribution in [3.63, 3.8) is 0 Å². The first-order valence-electron chi connectivity index (χ1n) is 9.84. The zero-order chi connectivity index (χ0) is 22.2. The molecule has 160 valence electrons. The smallest absolute Gasteiger partial charge is 0.355 e. The average molecular weight is 486 g/mol. The van der Waals surface area contributed by atoms with E-state index in [0.717, 1.165) is 4.47 Å². The maximum absolute atomic E-state index is 13.6. The average Bonchev–Trinajstić information content (AvgIpc) is 3.25. The summed E-state index contributed by atoms with van der Waals surface area (Å²) in [6, 6.07) is 14.2. The molecule has 2 heterocycles. The van der Waals surface area contributed by atoms with E-state index in [2.05, 4.69) is 26.3 Å². The maximum atomic E-state index is 13.6. The van der Waals surface area contributed by atoms with Crippen LogP contribution in [0.15, 0.2) is 58.1 Å². The Hall–Kier alpha value is -3.20. The lowest BCUT2D eigenvalue weighted by Gasteiger charge is -2.35. The van der Waals surface area contributed by atoms with Crippen LogP contribution < -0.4 is 10.3 Å². The summed E-state index contributed by atoms with van der Waals surface area (Å²) in [5, 5.41) is 8.74. The SMILES string of the molecule is CCOC(=O)C1=NN(c2ccccc2)[C@]2(C(=O)Nc3cc(Br)ccc32)[C@H]1C(=O)OCC. The monoisotopic (exact) mass is 485 g/mol. The van der Waals surface area contributed by atoms with Crippen molar-refractivity contribution < 1.29 is 23.9 Å². The molecule has 2 aromatic rings. The molecule has 4 rings (SSSR count). The van der Waals surface area contributed by atoms with Crippen molar-refractivity contribution in [2.75, 3.05) is 23.5 Å². The topological polar surface area (TPSA) is 97.3 Å². The minimum Gasteiger partial charge on any atom is -0.465 e. The van der Waals surface area contributed by atoms with Gasteiger partial charge in [0.15, 0.2) is 11.3 Å². The van der Waals surface area contributed by atoms with Crippen molar-refractivity contribution in [2.24, 2.45) is 11.0 Å². The maximum Gasteiger partial charge on any atom is 0.355 e. The van der Waals surface area contributed by atoms with Crippen molar-refractivity contribution in [1.82, 2.24) is 0 Å². The van der Waals surface area contributed by atoms with Crippen LogP contribution in [0.2, 0.25) is 0 Å². The van der Waals surface area contributed by atoms with E-state index in [1.165, 1.54) is 5.01 Å². The minimum atomic E-state index is -1.63. The van der Waals surface area contributed by atoms with Crippen LogP contribution in [-0.4, -0.2) is 36.8 Å². The van der Waals surface area contributed by atoms with Gasteiger partial charge in [0, 0.05) is 15.7 Å². The van der Waals surface area contributed by atoms with Crippen LogP contribution in [0.4, 0.5) is 11.4 Å². The number of fused-ring (bicyclic) bond motifs is 2. The van der Waals surface area contributed by atoms with Crippen LogP contribution in [-0.2, 0) is 29.4 Å². The first kappa shape index (κ1) is 21.0. The molecule has 2 aliphatic rings. The zero-order valence-electron chi connectivity index (χ0n) is 16.9.